The highest BCUT2D eigenvalue weighted by molar-refractivity contribution is 7.90. The molecule has 4 rings (SSSR count). The summed E-state index contributed by atoms with van der Waals surface area (Å²) in [4.78, 5) is 25.1. The quantitative estimate of drug-likeness (QED) is 0.639. The number of anilines is 2. The van der Waals surface area contributed by atoms with Gasteiger partial charge in [0.2, 0.25) is 5.91 Å². The molecule has 1 aliphatic heterocycles. The predicted molar refractivity (Wildman–Crippen MR) is 121 cm³/mol. The lowest BCUT2D eigenvalue weighted by Gasteiger charge is -2.27. The fourth-order valence-corrected chi connectivity index (χ4v) is 5.76. The average Bonchev–Trinajstić information content (AvgIpc) is 3.20. The molecule has 0 aromatic heterocycles. The van der Waals surface area contributed by atoms with E-state index in [1.807, 2.05) is 25.1 Å². The van der Waals surface area contributed by atoms with Crippen LogP contribution in [0.4, 0.5) is 11.4 Å². The first-order valence-electron chi connectivity index (χ1n) is 10.6. The molecule has 7 nitrogen and oxygen atoms in total. The van der Waals surface area contributed by atoms with Crippen LogP contribution >= 0.6 is 0 Å². The molecule has 0 saturated heterocycles. The third kappa shape index (κ3) is 5.25. The molecule has 2 aromatic carbocycles. The largest absolute Gasteiger partial charge is 0.371 e. The first-order chi connectivity index (χ1) is 14.8. The fourth-order valence-electron chi connectivity index (χ4n) is 4.21. The second-order valence-corrected chi connectivity index (χ2v) is 10.6. The molecule has 31 heavy (non-hydrogen) atoms. The summed E-state index contributed by atoms with van der Waals surface area (Å²) in [5, 5.41) is 8.79. The van der Waals surface area contributed by atoms with E-state index in [2.05, 4.69) is 16.0 Å². The van der Waals surface area contributed by atoms with Crippen LogP contribution in [0.25, 0.3) is 0 Å². The summed E-state index contributed by atoms with van der Waals surface area (Å²) in [6, 6.07) is 11.7. The van der Waals surface area contributed by atoms with E-state index >= 15 is 0 Å². The van der Waals surface area contributed by atoms with E-state index in [-0.39, 0.29) is 23.5 Å². The summed E-state index contributed by atoms with van der Waals surface area (Å²) < 4.78 is 25.3. The summed E-state index contributed by atoms with van der Waals surface area (Å²) in [7, 11) is -3.51. The molecule has 1 atom stereocenters. The van der Waals surface area contributed by atoms with Gasteiger partial charge in [0, 0.05) is 11.6 Å². The Morgan fingerprint density at radius 1 is 1.10 bits per heavy atom. The molecule has 0 bridgehead atoms. The summed E-state index contributed by atoms with van der Waals surface area (Å²) in [5.41, 5.74) is 3.25. The normalized spacial score (nSPS) is 18.7. The lowest BCUT2D eigenvalue weighted by molar-refractivity contribution is -0.116. The van der Waals surface area contributed by atoms with Crippen molar-refractivity contribution >= 4 is 33.0 Å². The topological polar surface area (TPSA) is 104 Å². The number of aryl methyl sites for hydroxylation is 1. The molecule has 0 unspecified atom stereocenters. The van der Waals surface area contributed by atoms with E-state index in [9.17, 15) is 18.0 Å². The number of carbonyl (C=O) groups excluding carboxylic acids is 2. The third-order valence-electron chi connectivity index (χ3n) is 5.77. The molecular weight excluding hydrogens is 414 g/mol. The second-order valence-electron chi connectivity index (χ2n) is 8.45. The van der Waals surface area contributed by atoms with Crippen molar-refractivity contribution in [1.82, 2.24) is 5.32 Å². The van der Waals surface area contributed by atoms with Gasteiger partial charge in [0.15, 0.2) is 9.84 Å². The summed E-state index contributed by atoms with van der Waals surface area (Å²) >= 11 is 0. The Hall–Kier alpha value is -2.87. The minimum absolute atomic E-state index is 0.118. The molecule has 0 radical (unpaired) electrons. The van der Waals surface area contributed by atoms with Crippen molar-refractivity contribution in [1.29, 1.82) is 0 Å². The monoisotopic (exact) mass is 441 g/mol. The zero-order valence-corrected chi connectivity index (χ0v) is 18.3. The highest BCUT2D eigenvalue weighted by Crippen LogP contribution is 2.29. The Morgan fingerprint density at radius 3 is 2.61 bits per heavy atom. The number of hydrogen-bond acceptors (Lipinski definition) is 5. The summed E-state index contributed by atoms with van der Waals surface area (Å²) in [6.45, 7) is 1.91. The molecule has 1 aliphatic carbocycles. The number of benzene rings is 2. The van der Waals surface area contributed by atoms with Crippen LogP contribution in [-0.4, -0.2) is 38.1 Å². The first-order valence-corrected chi connectivity index (χ1v) is 12.4. The van der Waals surface area contributed by atoms with E-state index in [1.165, 1.54) is 0 Å². The van der Waals surface area contributed by atoms with Crippen LogP contribution in [0.5, 0.6) is 0 Å². The van der Waals surface area contributed by atoms with E-state index in [4.69, 9.17) is 0 Å². The summed E-state index contributed by atoms with van der Waals surface area (Å²) in [6.07, 6.45) is 4.24. The zero-order chi connectivity index (χ0) is 22.0. The van der Waals surface area contributed by atoms with Crippen LogP contribution in [0.2, 0.25) is 0 Å². The van der Waals surface area contributed by atoms with Gasteiger partial charge in [-0.1, -0.05) is 42.7 Å². The van der Waals surface area contributed by atoms with Crippen molar-refractivity contribution in [2.75, 3.05) is 16.4 Å². The molecule has 2 aliphatic rings. The van der Waals surface area contributed by atoms with Crippen molar-refractivity contribution in [3.8, 4) is 0 Å². The zero-order valence-electron chi connectivity index (χ0n) is 17.5. The van der Waals surface area contributed by atoms with Gasteiger partial charge in [0.1, 0.15) is 6.04 Å². The Morgan fingerprint density at radius 2 is 1.87 bits per heavy atom. The van der Waals surface area contributed by atoms with Gasteiger partial charge in [0.05, 0.1) is 22.9 Å². The minimum atomic E-state index is -3.51. The number of hydrogen-bond donors (Lipinski definition) is 3. The van der Waals surface area contributed by atoms with Gasteiger partial charge in [-0.3, -0.25) is 9.59 Å². The van der Waals surface area contributed by atoms with Crippen molar-refractivity contribution in [3.05, 3.63) is 59.2 Å². The van der Waals surface area contributed by atoms with Gasteiger partial charge >= 0.3 is 0 Å². The molecule has 0 spiro atoms. The maximum Gasteiger partial charge on any atom is 0.251 e. The van der Waals surface area contributed by atoms with E-state index in [1.54, 1.807) is 24.3 Å². The predicted octanol–water partition coefficient (Wildman–Crippen LogP) is 3.02. The first kappa shape index (κ1) is 21.4. The molecular formula is C23H27N3O4S. The third-order valence-corrected chi connectivity index (χ3v) is 7.38. The Kier molecular flexibility index (Phi) is 6.00. The SMILES string of the molecule is Cc1cccc(CS(=O)(=O)C[C@H]2Nc3ccc(C(=O)NC4CCCC4)cc3NC2=O)c1. The van der Waals surface area contributed by atoms with Crippen LogP contribution in [0.1, 0.15) is 47.2 Å². The fraction of sp³-hybridized carbons (Fsp3) is 0.391. The maximum atomic E-state index is 12.7. The number of carbonyl (C=O) groups is 2. The van der Waals surface area contributed by atoms with Gasteiger partial charge in [-0.2, -0.15) is 0 Å². The molecule has 1 heterocycles. The molecule has 2 amide bonds. The maximum absolute atomic E-state index is 12.7. The van der Waals surface area contributed by atoms with Gasteiger partial charge in [0.25, 0.3) is 5.91 Å². The van der Waals surface area contributed by atoms with Gasteiger partial charge in [-0.25, -0.2) is 8.42 Å². The smallest absolute Gasteiger partial charge is 0.251 e. The van der Waals surface area contributed by atoms with Crippen LogP contribution in [0.15, 0.2) is 42.5 Å². The summed E-state index contributed by atoms with van der Waals surface area (Å²) in [5.74, 6) is -1.01. The number of fused-ring (bicyclic) bond motifs is 1. The van der Waals surface area contributed by atoms with E-state index in [0.29, 0.717) is 22.5 Å². The standard InChI is InChI=1S/C23H27N3O4S/c1-15-5-4-6-16(11-15)13-31(29,30)14-21-23(28)26-20-12-17(9-10-19(20)25-21)22(27)24-18-7-2-3-8-18/h4-6,9-12,18,21,25H,2-3,7-8,13-14H2,1H3,(H,24,27)(H,26,28)/t21-/m1/s1. The number of amides is 2. The van der Waals surface area contributed by atoms with Gasteiger partial charge < -0.3 is 16.0 Å². The van der Waals surface area contributed by atoms with Crippen molar-refractivity contribution in [2.24, 2.45) is 0 Å². The molecule has 164 valence electrons. The lowest BCUT2D eigenvalue weighted by Crippen LogP contribution is -2.43. The van der Waals surface area contributed by atoms with Crippen molar-refractivity contribution < 1.29 is 18.0 Å². The van der Waals surface area contributed by atoms with Crippen LogP contribution in [-0.2, 0) is 20.4 Å². The van der Waals surface area contributed by atoms with Crippen LogP contribution in [0.3, 0.4) is 0 Å². The van der Waals surface area contributed by atoms with Gasteiger partial charge in [-0.05, 0) is 43.5 Å². The highest BCUT2D eigenvalue weighted by Gasteiger charge is 2.31. The van der Waals surface area contributed by atoms with E-state index in [0.717, 1.165) is 31.2 Å². The van der Waals surface area contributed by atoms with Crippen molar-refractivity contribution in [2.45, 2.75) is 50.4 Å². The molecule has 1 fully saturated rings. The van der Waals surface area contributed by atoms with Crippen LogP contribution < -0.4 is 16.0 Å². The highest BCUT2D eigenvalue weighted by atomic mass is 32.2. The lowest BCUT2D eigenvalue weighted by atomic mass is 10.1. The average molecular weight is 442 g/mol. The Balaban J connectivity index is 1.43. The van der Waals surface area contributed by atoms with Crippen molar-refractivity contribution in [3.63, 3.8) is 0 Å². The number of nitrogens with one attached hydrogen (secondary N) is 3. The second kappa shape index (κ2) is 8.70. The van der Waals surface area contributed by atoms with E-state index < -0.39 is 21.8 Å². The minimum Gasteiger partial charge on any atom is -0.371 e. The molecule has 1 saturated carbocycles. The number of rotatable bonds is 6. The Labute approximate surface area is 182 Å². The number of sulfone groups is 1. The van der Waals surface area contributed by atoms with Gasteiger partial charge in [-0.15, -0.1) is 0 Å². The van der Waals surface area contributed by atoms with Crippen LogP contribution in [0, 0.1) is 6.92 Å². The molecule has 8 heteroatoms. The molecule has 2 aromatic rings. The Bertz CT molecular complexity index is 1110. The molecule has 3 N–H and O–H groups in total.